The molecule has 2 unspecified atom stereocenters. The summed E-state index contributed by atoms with van der Waals surface area (Å²) in [6.07, 6.45) is 1.25. The molecule has 134 valence electrons. The quantitative estimate of drug-likeness (QED) is 0.548. The van der Waals surface area contributed by atoms with E-state index in [9.17, 15) is 14.4 Å². The van der Waals surface area contributed by atoms with Gasteiger partial charge in [0.05, 0.1) is 19.6 Å². The largest absolute Gasteiger partial charge is 0.466 e. The lowest BCUT2D eigenvalue weighted by Gasteiger charge is -2.19. The maximum atomic E-state index is 12.1. The van der Waals surface area contributed by atoms with Crippen LogP contribution in [0.3, 0.4) is 0 Å². The molecule has 0 aromatic carbocycles. The second-order valence-electron chi connectivity index (χ2n) is 6.07. The topological polar surface area (TPSA) is 102 Å². The fourth-order valence-electron chi connectivity index (χ4n) is 2.07. The highest BCUT2D eigenvalue weighted by molar-refractivity contribution is 5.88. The zero-order chi connectivity index (χ0) is 17.8. The number of ether oxygens (including phenoxy) is 2. The number of nitrogens with one attached hydrogen (secondary N) is 1. The monoisotopic (exact) mass is 331 g/mol. The van der Waals surface area contributed by atoms with Gasteiger partial charge in [-0.05, 0) is 24.7 Å². The van der Waals surface area contributed by atoms with Gasteiger partial charge in [0, 0.05) is 0 Å². The number of hydrogen-bond donors (Lipinski definition) is 2. The van der Waals surface area contributed by atoms with Gasteiger partial charge in [-0.2, -0.15) is 0 Å². The van der Waals surface area contributed by atoms with E-state index < -0.39 is 30.5 Å². The third-order valence-electron chi connectivity index (χ3n) is 2.99. The summed E-state index contributed by atoms with van der Waals surface area (Å²) in [6.45, 7) is 7.66. The molecule has 0 aliphatic carbocycles. The second-order valence-corrected chi connectivity index (χ2v) is 6.07. The Hall–Kier alpha value is -1.63. The number of aliphatic hydroxyl groups is 1. The Morgan fingerprint density at radius 2 is 1.78 bits per heavy atom. The highest BCUT2D eigenvalue weighted by Gasteiger charge is 2.26. The summed E-state index contributed by atoms with van der Waals surface area (Å²) in [5.74, 6) is -1.37. The van der Waals surface area contributed by atoms with Gasteiger partial charge in [-0.15, -0.1) is 0 Å². The number of esters is 2. The highest BCUT2D eigenvalue weighted by Crippen LogP contribution is 2.11. The predicted octanol–water partition coefficient (Wildman–Crippen LogP) is 1.03. The third-order valence-corrected chi connectivity index (χ3v) is 2.99. The first kappa shape index (κ1) is 21.4. The van der Waals surface area contributed by atoms with Crippen LogP contribution in [0.2, 0.25) is 0 Å². The van der Waals surface area contributed by atoms with Gasteiger partial charge in [-0.1, -0.05) is 27.7 Å². The van der Waals surface area contributed by atoms with E-state index in [2.05, 4.69) is 19.2 Å². The van der Waals surface area contributed by atoms with Gasteiger partial charge in [0.1, 0.15) is 12.6 Å². The molecule has 0 saturated carbocycles. The molecule has 23 heavy (non-hydrogen) atoms. The Morgan fingerprint density at radius 1 is 1.13 bits per heavy atom. The van der Waals surface area contributed by atoms with Crippen molar-refractivity contribution in [3.05, 3.63) is 0 Å². The zero-order valence-electron chi connectivity index (χ0n) is 14.5. The van der Waals surface area contributed by atoms with Crippen LogP contribution in [-0.2, 0) is 23.9 Å². The fourth-order valence-corrected chi connectivity index (χ4v) is 2.07. The summed E-state index contributed by atoms with van der Waals surface area (Å²) in [5, 5.41) is 11.1. The summed E-state index contributed by atoms with van der Waals surface area (Å²) >= 11 is 0. The van der Waals surface area contributed by atoms with Crippen molar-refractivity contribution in [1.82, 2.24) is 5.32 Å². The van der Waals surface area contributed by atoms with Crippen LogP contribution in [0.15, 0.2) is 0 Å². The Morgan fingerprint density at radius 3 is 2.30 bits per heavy atom. The van der Waals surface area contributed by atoms with E-state index in [1.807, 2.05) is 13.8 Å². The van der Waals surface area contributed by atoms with E-state index in [-0.39, 0.29) is 25.6 Å². The molecular weight excluding hydrogens is 302 g/mol. The molecule has 0 aromatic heterocycles. The summed E-state index contributed by atoms with van der Waals surface area (Å²) in [5.41, 5.74) is 0. The van der Waals surface area contributed by atoms with Crippen molar-refractivity contribution in [3.63, 3.8) is 0 Å². The van der Waals surface area contributed by atoms with Crippen molar-refractivity contribution < 1.29 is 29.0 Å². The standard InChI is InChI=1S/C16H29NO6/c1-5-6-22-15(20)8-13(17-14(19)9-18)16(21)23-10-12(4)7-11(2)3/h11-13,18H,5-10H2,1-4H3,(H,17,19). The second kappa shape index (κ2) is 11.9. The number of rotatable bonds is 11. The fraction of sp³-hybridized carbons (Fsp3) is 0.812. The van der Waals surface area contributed by atoms with Gasteiger partial charge in [-0.3, -0.25) is 9.59 Å². The predicted molar refractivity (Wildman–Crippen MR) is 84.5 cm³/mol. The van der Waals surface area contributed by atoms with Crippen molar-refractivity contribution in [1.29, 1.82) is 0 Å². The average Bonchev–Trinajstić information content (AvgIpc) is 2.48. The van der Waals surface area contributed by atoms with Gasteiger partial charge < -0.3 is 19.9 Å². The smallest absolute Gasteiger partial charge is 0.329 e. The number of carbonyl (C=O) groups excluding carboxylic acids is 3. The lowest BCUT2D eigenvalue weighted by molar-refractivity contribution is -0.154. The first-order valence-corrected chi connectivity index (χ1v) is 8.02. The Balaban J connectivity index is 4.55. The van der Waals surface area contributed by atoms with Crippen LogP contribution in [0.1, 0.15) is 47.0 Å². The molecule has 7 heteroatoms. The third kappa shape index (κ3) is 10.7. The van der Waals surface area contributed by atoms with Crippen molar-refractivity contribution >= 4 is 17.8 Å². The SMILES string of the molecule is CCCOC(=O)CC(NC(=O)CO)C(=O)OCC(C)CC(C)C. The minimum absolute atomic E-state index is 0.181. The van der Waals surface area contributed by atoms with Crippen LogP contribution in [0.5, 0.6) is 0 Å². The lowest BCUT2D eigenvalue weighted by atomic mass is 10.00. The molecule has 0 aromatic rings. The van der Waals surface area contributed by atoms with Gasteiger partial charge in [0.25, 0.3) is 0 Å². The Labute approximate surface area is 137 Å². The minimum Gasteiger partial charge on any atom is -0.466 e. The molecule has 1 amide bonds. The summed E-state index contributed by atoms with van der Waals surface area (Å²) in [6, 6.07) is -1.15. The van der Waals surface area contributed by atoms with E-state index >= 15 is 0 Å². The lowest BCUT2D eigenvalue weighted by Crippen LogP contribution is -2.45. The Kier molecular flexibility index (Phi) is 11.0. The molecule has 0 saturated heterocycles. The van der Waals surface area contributed by atoms with Crippen molar-refractivity contribution in [2.75, 3.05) is 19.8 Å². The molecule has 2 atom stereocenters. The van der Waals surface area contributed by atoms with E-state index in [0.29, 0.717) is 12.3 Å². The molecule has 0 aliphatic heterocycles. The number of amides is 1. The molecular formula is C16H29NO6. The van der Waals surface area contributed by atoms with Crippen LogP contribution in [0.25, 0.3) is 0 Å². The Bertz CT molecular complexity index is 383. The molecule has 0 fully saturated rings. The minimum atomic E-state index is -1.15. The van der Waals surface area contributed by atoms with Crippen LogP contribution in [-0.4, -0.2) is 48.8 Å². The number of carbonyl (C=O) groups is 3. The molecule has 2 N–H and O–H groups in total. The van der Waals surface area contributed by atoms with Gasteiger partial charge in [-0.25, -0.2) is 4.79 Å². The van der Waals surface area contributed by atoms with Gasteiger partial charge in [0.15, 0.2) is 0 Å². The molecule has 0 spiro atoms. The van der Waals surface area contributed by atoms with E-state index in [4.69, 9.17) is 14.6 Å². The molecule has 0 rings (SSSR count). The van der Waals surface area contributed by atoms with Crippen LogP contribution in [0, 0.1) is 11.8 Å². The molecule has 0 bridgehead atoms. The highest BCUT2D eigenvalue weighted by atomic mass is 16.5. The van der Waals surface area contributed by atoms with E-state index in [0.717, 1.165) is 6.42 Å². The van der Waals surface area contributed by atoms with Crippen LogP contribution < -0.4 is 5.32 Å². The summed E-state index contributed by atoms with van der Waals surface area (Å²) < 4.78 is 10.1. The molecule has 0 radical (unpaired) electrons. The maximum Gasteiger partial charge on any atom is 0.329 e. The molecule has 0 heterocycles. The molecule has 0 aliphatic rings. The van der Waals surface area contributed by atoms with E-state index in [1.165, 1.54) is 0 Å². The van der Waals surface area contributed by atoms with Crippen molar-refractivity contribution in [2.45, 2.75) is 53.0 Å². The van der Waals surface area contributed by atoms with Crippen molar-refractivity contribution in [3.8, 4) is 0 Å². The summed E-state index contributed by atoms with van der Waals surface area (Å²) in [7, 11) is 0. The maximum absolute atomic E-state index is 12.1. The first-order chi connectivity index (χ1) is 10.8. The average molecular weight is 331 g/mol. The summed E-state index contributed by atoms with van der Waals surface area (Å²) in [4.78, 5) is 35.0. The van der Waals surface area contributed by atoms with Crippen LogP contribution >= 0.6 is 0 Å². The normalized spacial score (nSPS) is 13.3. The first-order valence-electron chi connectivity index (χ1n) is 8.02. The van der Waals surface area contributed by atoms with Crippen molar-refractivity contribution in [2.24, 2.45) is 11.8 Å². The zero-order valence-corrected chi connectivity index (χ0v) is 14.5. The molecule has 7 nitrogen and oxygen atoms in total. The van der Waals surface area contributed by atoms with E-state index in [1.54, 1.807) is 0 Å². The van der Waals surface area contributed by atoms with Gasteiger partial charge in [0.2, 0.25) is 5.91 Å². The van der Waals surface area contributed by atoms with Gasteiger partial charge >= 0.3 is 11.9 Å². The van der Waals surface area contributed by atoms with Crippen LogP contribution in [0.4, 0.5) is 0 Å². The number of aliphatic hydroxyl groups excluding tert-OH is 1. The number of hydrogen-bond acceptors (Lipinski definition) is 6.